The second-order valence-corrected chi connectivity index (χ2v) is 16.3. The van der Waals surface area contributed by atoms with Crippen LogP contribution in [0.25, 0.3) is 0 Å². The van der Waals surface area contributed by atoms with Gasteiger partial charge in [-0.2, -0.15) is 0 Å². The van der Waals surface area contributed by atoms with E-state index in [0.29, 0.717) is 12.8 Å². The zero-order valence-electron chi connectivity index (χ0n) is 36.6. The van der Waals surface area contributed by atoms with Crippen LogP contribution < -0.4 is 0 Å². The van der Waals surface area contributed by atoms with Crippen LogP contribution in [0.15, 0.2) is 0 Å². The van der Waals surface area contributed by atoms with Crippen LogP contribution in [-0.4, -0.2) is 138 Å². The van der Waals surface area contributed by atoms with E-state index in [9.17, 15) is 40.2 Å². The Hall–Kier alpha value is -1.50. The Morgan fingerprint density at radius 1 is 0.475 bits per heavy atom. The Labute approximate surface area is 354 Å². The van der Waals surface area contributed by atoms with Crippen LogP contribution >= 0.6 is 0 Å². The summed E-state index contributed by atoms with van der Waals surface area (Å²) in [5.41, 5.74) is 0. The molecular weight excluding hydrogens is 768 g/mol. The van der Waals surface area contributed by atoms with Crippen LogP contribution in [0.3, 0.4) is 0 Å². The molecule has 0 saturated carbocycles. The molecule has 2 fully saturated rings. The summed E-state index contributed by atoms with van der Waals surface area (Å²) in [6.45, 7) is 2.20. The van der Waals surface area contributed by atoms with Gasteiger partial charge < -0.3 is 65.3 Å². The first-order chi connectivity index (χ1) is 28.3. The smallest absolute Gasteiger partial charge is 0.303 e. The Bertz CT molecular complexity index is 948. The lowest BCUT2D eigenvalue weighted by Crippen LogP contribution is -2.62. The third-order valence-electron chi connectivity index (χ3n) is 11.1. The van der Waals surface area contributed by atoms with Crippen LogP contribution in [-0.2, 0) is 23.8 Å². The van der Waals surface area contributed by atoms with E-state index in [1.54, 1.807) is 0 Å². The molecule has 0 aromatic rings. The molecule has 9 atom stereocenters. The fourth-order valence-corrected chi connectivity index (χ4v) is 7.22. The normalized spacial score (nSPS) is 26.5. The molecule has 0 aliphatic carbocycles. The average molecular weight is 855 g/mol. The Morgan fingerprint density at radius 2 is 0.814 bits per heavy atom. The highest BCUT2D eigenvalue weighted by molar-refractivity contribution is 5.66. The van der Waals surface area contributed by atoms with Gasteiger partial charge in [0.05, 0.1) is 13.2 Å². The monoisotopic (exact) mass is 855 g/mol. The molecule has 0 amide bonds. The maximum atomic E-state index is 10.3. The van der Waals surface area contributed by atoms with Crippen LogP contribution in [0.1, 0.15) is 194 Å². The van der Waals surface area contributed by atoms with Crippen LogP contribution in [0, 0.1) is 0 Å². The number of hydrogen-bond donors (Lipinski definition) is 10. The molecule has 2 saturated heterocycles. The molecule has 15 heteroatoms. The molecule has 2 aliphatic rings. The predicted octanol–water partition coefficient (Wildman–Crippen LogP) is 5.71. The third kappa shape index (κ3) is 26.6. The summed E-state index contributed by atoms with van der Waals surface area (Å²) in [4.78, 5) is 20.6. The summed E-state index contributed by atoms with van der Waals surface area (Å²) in [7, 11) is 0. The summed E-state index contributed by atoms with van der Waals surface area (Å²) in [6.07, 6.45) is 21.9. The maximum Gasteiger partial charge on any atom is 0.303 e. The number of aliphatic hydroxyl groups excluding tert-OH is 8. The standard InChI is InChI=1S/2C16H32O2.C12H22O11/c2*1-2-3-4-5-6-7-8-9-10-11-12-13-14-15-16(17)18;13-1-4-6(16)8(18)9(19)11(21-4)23-12(3-15)10(20)7(17)5(2-14)22-12/h2*2-15H2,1H3,(H,17,18);4-11,13-20H,1-3H2/t;;4-,5-,6-,7-,8+,9-,10+,11-,12+/m..1/s1. The minimum Gasteiger partial charge on any atom is -0.481 e. The van der Waals surface area contributed by atoms with E-state index in [-0.39, 0.29) is 0 Å². The van der Waals surface area contributed by atoms with Gasteiger partial charge in [0.15, 0.2) is 6.29 Å². The molecule has 0 spiro atoms. The maximum absolute atomic E-state index is 10.3. The minimum atomic E-state index is -2.22. The molecule has 2 heterocycles. The van der Waals surface area contributed by atoms with Gasteiger partial charge in [-0.15, -0.1) is 0 Å². The van der Waals surface area contributed by atoms with Crippen LogP contribution in [0.4, 0.5) is 0 Å². The number of ether oxygens (including phenoxy) is 3. The molecule has 15 nitrogen and oxygen atoms in total. The number of unbranched alkanes of at least 4 members (excludes halogenated alkanes) is 24. The van der Waals surface area contributed by atoms with Gasteiger partial charge in [-0.3, -0.25) is 9.59 Å². The number of carbonyl (C=O) groups is 2. The summed E-state index contributed by atoms with van der Waals surface area (Å²) in [5, 5.41) is 93.6. The lowest BCUT2D eigenvalue weighted by Gasteiger charge is -2.43. The molecule has 0 aromatic carbocycles. The van der Waals surface area contributed by atoms with Crippen molar-refractivity contribution in [3.05, 3.63) is 0 Å². The third-order valence-corrected chi connectivity index (χ3v) is 11.1. The molecule has 0 unspecified atom stereocenters. The van der Waals surface area contributed by atoms with Crippen molar-refractivity contribution in [2.45, 2.75) is 248 Å². The van der Waals surface area contributed by atoms with Crippen molar-refractivity contribution in [1.82, 2.24) is 0 Å². The number of aliphatic hydroxyl groups is 8. The molecule has 0 bridgehead atoms. The Morgan fingerprint density at radius 3 is 1.10 bits per heavy atom. The highest BCUT2D eigenvalue weighted by Gasteiger charge is 2.58. The first-order valence-electron chi connectivity index (χ1n) is 23.0. The lowest BCUT2D eigenvalue weighted by molar-refractivity contribution is -0.383. The van der Waals surface area contributed by atoms with Crippen molar-refractivity contribution >= 4 is 11.9 Å². The van der Waals surface area contributed by atoms with Crippen molar-refractivity contribution in [3.63, 3.8) is 0 Å². The van der Waals surface area contributed by atoms with Gasteiger partial charge in [0, 0.05) is 12.8 Å². The summed E-state index contributed by atoms with van der Waals surface area (Å²) >= 11 is 0. The van der Waals surface area contributed by atoms with E-state index in [1.165, 1.54) is 141 Å². The number of rotatable bonds is 33. The second-order valence-electron chi connectivity index (χ2n) is 16.3. The highest BCUT2D eigenvalue weighted by Crippen LogP contribution is 2.36. The SMILES string of the molecule is CCCCCCCCCCCCCCCC(=O)O.CCCCCCCCCCCCCCCC(=O)O.OC[C@H]1O[C@@](CO)(O[C@H]2O[C@H](CO)[C@@H](O)[C@H](O)[C@H]2O)[C@@H](O)[C@@H]1O. The molecule has 2 aliphatic heterocycles. The van der Waals surface area contributed by atoms with E-state index in [2.05, 4.69) is 13.8 Å². The van der Waals surface area contributed by atoms with E-state index >= 15 is 0 Å². The highest BCUT2D eigenvalue weighted by atomic mass is 16.8. The van der Waals surface area contributed by atoms with Gasteiger partial charge in [-0.1, -0.05) is 168 Å². The number of carboxylic acids is 2. The minimum absolute atomic E-state index is 0.345. The zero-order valence-corrected chi connectivity index (χ0v) is 36.6. The van der Waals surface area contributed by atoms with E-state index in [0.717, 1.165) is 25.7 Å². The van der Waals surface area contributed by atoms with Crippen molar-refractivity contribution in [3.8, 4) is 0 Å². The number of aliphatic carboxylic acids is 2. The second kappa shape index (κ2) is 37.1. The van der Waals surface area contributed by atoms with Gasteiger partial charge >= 0.3 is 11.9 Å². The molecule has 0 radical (unpaired) electrons. The fourth-order valence-electron chi connectivity index (χ4n) is 7.22. The van der Waals surface area contributed by atoms with Crippen LogP contribution in [0.2, 0.25) is 0 Å². The first kappa shape index (κ1) is 57.5. The summed E-state index contributed by atoms with van der Waals surface area (Å²) in [5.74, 6) is -3.53. The summed E-state index contributed by atoms with van der Waals surface area (Å²) in [6, 6.07) is 0. The molecule has 2 rings (SSSR count). The van der Waals surface area contributed by atoms with Gasteiger partial charge in [-0.25, -0.2) is 0 Å². The number of hydrogen-bond acceptors (Lipinski definition) is 13. The molecule has 10 N–H and O–H groups in total. The number of carboxylic acid groups (broad SMARTS) is 2. The average Bonchev–Trinajstić information content (AvgIpc) is 3.46. The molecular formula is C44H86O15. The van der Waals surface area contributed by atoms with Crippen molar-refractivity contribution in [2.75, 3.05) is 19.8 Å². The van der Waals surface area contributed by atoms with Crippen molar-refractivity contribution < 1.29 is 74.9 Å². The molecule has 59 heavy (non-hydrogen) atoms. The zero-order chi connectivity index (χ0) is 44.3. The summed E-state index contributed by atoms with van der Waals surface area (Å²) < 4.78 is 15.4. The van der Waals surface area contributed by atoms with Gasteiger partial charge in [0.25, 0.3) is 0 Å². The fraction of sp³-hybridized carbons (Fsp3) is 0.955. The van der Waals surface area contributed by atoms with E-state index in [4.69, 9.17) is 34.6 Å². The van der Waals surface area contributed by atoms with Gasteiger partial charge in [0.2, 0.25) is 5.79 Å². The molecule has 352 valence electrons. The Kier molecular flexibility index (Phi) is 36.1. The predicted molar refractivity (Wildman–Crippen MR) is 225 cm³/mol. The topological polar surface area (TPSA) is 264 Å². The van der Waals surface area contributed by atoms with E-state index < -0.39 is 86.6 Å². The van der Waals surface area contributed by atoms with E-state index in [1.807, 2.05) is 0 Å². The largest absolute Gasteiger partial charge is 0.481 e. The van der Waals surface area contributed by atoms with Crippen molar-refractivity contribution in [1.29, 1.82) is 0 Å². The van der Waals surface area contributed by atoms with Gasteiger partial charge in [0.1, 0.15) is 49.3 Å². The van der Waals surface area contributed by atoms with Crippen molar-refractivity contribution in [2.24, 2.45) is 0 Å². The van der Waals surface area contributed by atoms with Gasteiger partial charge in [-0.05, 0) is 12.8 Å². The molecule has 0 aromatic heterocycles. The Balaban J connectivity index is 0.000000868. The first-order valence-corrected chi connectivity index (χ1v) is 23.0. The quantitative estimate of drug-likeness (QED) is 0.0355. The lowest BCUT2D eigenvalue weighted by atomic mass is 9.99. The van der Waals surface area contributed by atoms with Crippen LogP contribution in [0.5, 0.6) is 0 Å².